The topological polar surface area (TPSA) is 63.3 Å². The first kappa shape index (κ1) is 13.4. The van der Waals surface area contributed by atoms with Crippen LogP contribution in [-0.2, 0) is 6.42 Å². The van der Waals surface area contributed by atoms with E-state index in [9.17, 15) is 9.90 Å². The number of aromatic nitrogens is 1. The summed E-state index contributed by atoms with van der Waals surface area (Å²) in [5, 5.41) is 15.5. The third-order valence-corrected chi connectivity index (χ3v) is 3.50. The Bertz CT molecular complexity index is 799. The molecule has 106 valence electrons. The minimum absolute atomic E-state index is 0.174. The normalized spacial score (nSPS) is 10.9. The zero-order valence-corrected chi connectivity index (χ0v) is 11.7. The fraction of sp³-hybridized carbons (Fsp3) is 0.176. The van der Waals surface area contributed by atoms with Crippen molar-refractivity contribution >= 4 is 16.7 Å². The van der Waals surface area contributed by atoms with E-state index in [0.717, 1.165) is 22.8 Å². The van der Waals surface area contributed by atoms with Gasteiger partial charge in [0.05, 0.1) is 0 Å². The number of benzene rings is 2. The van der Waals surface area contributed by atoms with E-state index in [-0.39, 0.29) is 5.56 Å². The van der Waals surface area contributed by atoms with Gasteiger partial charge in [0.15, 0.2) is 5.76 Å². The lowest BCUT2D eigenvalue weighted by Crippen LogP contribution is -2.01. The van der Waals surface area contributed by atoms with Crippen molar-refractivity contribution in [2.45, 2.75) is 19.8 Å². The molecule has 0 aliphatic heterocycles. The highest BCUT2D eigenvalue weighted by Crippen LogP contribution is 2.32. The van der Waals surface area contributed by atoms with Gasteiger partial charge >= 0.3 is 5.97 Å². The maximum absolute atomic E-state index is 11.6. The van der Waals surface area contributed by atoms with Crippen molar-refractivity contribution in [1.82, 2.24) is 5.16 Å². The summed E-state index contributed by atoms with van der Waals surface area (Å²) in [6, 6.07) is 13.6. The number of carbonyl (C=O) groups is 1. The number of rotatable bonds is 4. The number of carboxylic acids is 1. The summed E-state index contributed by atoms with van der Waals surface area (Å²) in [5.74, 6) is -0.560. The molecule has 0 fully saturated rings. The van der Waals surface area contributed by atoms with E-state index in [2.05, 4.69) is 5.16 Å². The maximum atomic E-state index is 11.6. The first-order valence-electron chi connectivity index (χ1n) is 6.92. The average Bonchev–Trinajstić information content (AvgIpc) is 2.91. The Balaban J connectivity index is 2.26. The van der Waals surface area contributed by atoms with Gasteiger partial charge in [-0.2, -0.15) is 0 Å². The van der Waals surface area contributed by atoms with Gasteiger partial charge in [-0.05, 0) is 17.2 Å². The second-order valence-electron chi connectivity index (χ2n) is 4.91. The summed E-state index contributed by atoms with van der Waals surface area (Å²) in [4.78, 5) is 11.6. The molecule has 4 heteroatoms. The van der Waals surface area contributed by atoms with Gasteiger partial charge in [0.1, 0.15) is 11.3 Å². The van der Waals surface area contributed by atoms with Crippen molar-refractivity contribution in [2.24, 2.45) is 0 Å². The van der Waals surface area contributed by atoms with Gasteiger partial charge in [0.2, 0.25) is 0 Å². The molecule has 3 aromatic rings. The molecule has 1 aromatic heterocycles. The highest BCUT2D eigenvalue weighted by molar-refractivity contribution is 6.02. The number of aryl methyl sites for hydroxylation is 1. The second kappa shape index (κ2) is 5.40. The van der Waals surface area contributed by atoms with Crippen LogP contribution in [0.15, 0.2) is 47.0 Å². The van der Waals surface area contributed by atoms with E-state index in [4.69, 9.17) is 4.52 Å². The Labute approximate surface area is 122 Å². The quantitative estimate of drug-likeness (QED) is 0.780. The van der Waals surface area contributed by atoms with E-state index in [1.54, 1.807) is 0 Å². The van der Waals surface area contributed by atoms with Crippen LogP contribution in [0.1, 0.15) is 29.5 Å². The summed E-state index contributed by atoms with van der Waals surface area (Å²) in [7, 11) is 0. The van der Waals surface area contributed by atoms with Crippen molar-refractivity contribution < 1.29 is 14.4 Å². The van der Waals surface area contributed by atoms with Gasteiger partial charge in [-0.15, -0.1) is 0 Å². The van der Waals surface area contributed by atoms with Crippen LogP contribution in [0.4, 0.5) is 0 Å². The van der Waals surface area contributed by atoms with Crippen LogP contribution in [0, 0.1) is 0 Å². The summed E-state index contributed by atoms with van der Waals surface area (Å²) < 4.78 is 5.27. The first-order chi connectivity index (χ1) is 10.2. The van der Waals surface area contributed by atoms with Crippen LogP contribution in [0.3, 0.4) is 0 Å². The van der Waals surface area contributed by atoms with Crippen LogP contribution in [0.2, 0.25) is 0 Å². The number of hydrogen-bond acceptors (Lipinski definition) is 3. The zero-order chi connectivity index (χ0) is 14.8. The lowest BCUT2D eigenvalue weighted by molar-refractivity contribution is 0.0695. The molecule has 0 saturated heterocycles. The van der Waals surface area contributed by atoms with Gasteiger partial charge < -0.3 is 9.63 Å². The molecule has 0 aliphatic rings. The second-order valence-corrected chi connectivity index (χ2v) is 4.91. The molecule has 1 heterocycles. The van der Waals surface area contributed by atoms with Gasteiger partial charge in [0, 0.05) is 12.0 Å². The van der Waals surface area contributed by atoms with Crippen LogP contribution in [-0.4, -0.2) is 16.2 Å². The number of fused-ring (bicyclic) bond motifs is 1. The average molecular weight is 281 g/mol. The summed E-state index contributed by atoms with van der Waals surface area (Å²) in [6.07, 6.45) is 1.38. The molecule has 0 atom stereocenters. The molecule has 1 N–H and O–H groups in total. The third kappa shape index (κ3) is 2.29. The molecule has 0 saturated carbocycles. The van der Waals surface area contributed by atoms with Crippen molar-refractivity contribution in [3.8, 4) is 11.3 Å². The number of aromatic carboxylic acids is 1. The van der Waals surface area contributed by atoms with Gasteiger partial charge in [-0.1, -0.05) is 54.5 Å². The molecule has 0 aliphatic carbocycles. The lowest BCUT2D eigenvalue weighted by Gasteiger charge is -2.04. The first-order valence-corrected chi connectivity index (χ1v) is 6.92. The van der Waals surface area contributed by atoms with E-state index in [1.807, 2.05) is 49.4 Å². The van der Waals surface area contributed by atoms with Crippen molar-refractivity contribution in [3.05, 3.63) is 53.8 Å². The number of carboxylic acid groups (broad SMARTS) is 1. The number of nitrogens with zero attached hydrogens (tertiary/aromatic N) is 1. The van der Waals surface area contributed by atoms with E-state index < -0.39 is 5.97 Å². The SMILES string of the molecule is CCCc1onc(-c2cccc3ccccc23)c1C(=O)O. The standard InChI is InChI=1S/C17H15NO3/c1-2-6-14-15(17(19)20)16(18-21-14)13-10-5-8-11-7-3-4-9-12(11)13/h3-5,7-10H,2,6H2,1H3,(H,19,20). The minimum atomic E-state index is -0.998. The molecular formula is C17H15NO3. The lowest BCUT2D eigenvalue weighted by atomic mass is 9.98. The van der Waals surface area contributed by atoms with E-state index in [1.165, 1.54) is 0 Å². The monoisotopic (exact) mass is 281 g/mol. The van der Waals surface area contributed by atoms with Crippen LogP contribution >= 0.6 is 0 Å². The molecule has 2 aromatic carbocycles. The third-order valence-electron chi connectivity index (χ3n) is 3.50. The highest BCUT2D eigenvalue weighted by atomic mass is 16.5. The van der Waals surface area contributed by atoms with Gasteiger partial charge in [-0.25, -0.2) is 4.79 Å². The fourth-order valence-electron chi connectivity index (χ4n) is 2.56. The molecule has 0 amide bonds. The Hall–Kier alpha value is -2.62. The molecule has 0 bridgehead atoms. The molecule has 0 radical (unpaired) electrons. The Kier molecular flexibility index (Phi) is 3.44. The van der Waals surface area contributed by atoms with E-state index >= 15 is 0 Å². The molecule has 0 spiro atoms. The van der Waals surface area contributed by atoms with Crippen LogP contribution < -0.4 is 0 Å². The molecule has 4 nitrogen and oxygen atoms in total. The minimum Gasteiger partial charge on any atom is -0.477 e. The predicted octanol–water partition coefficient (Wildman–Crippen LogP) is 4.15. The fourth-order valence-corrected chi connectivity index (χ4v) is 2.56. The smallest absolute Gasteiger partial charge is 0.341 e. The maximum Gasteiger partial charge on any atom is 0.341 e. The highest BCUT2D eigenvalue weighted by Gasteiger charge is 2.23. The number of hydrogen-bond donors (Lipinski definition) is 1. The van der Waals surface area contributed by atoms with Gasteiger partial charge in [0.25, 0.3) is 0 Å². The molecular weight excluding hydrogens is 266 g/mol. The summed E-state index contributed by atoms with van der Waals surface area (Å²) >= 11 is 0. The Morgan fingerprint density at radius 3 is 2.71 bits per heavy atom. The summed E-state index contributed by atoms with van der Waals surface area (Å²) in [6.45, 7) is 1.98. The molecule has 0 unspecified atom stereocenters. The van der Waals surface area contributed by atoms with Crippen LogP contribution in [0.25, 0.3) is 22.0 Å². The Morgan fingerprint density at radius 2 is 1.95 bits per heavy atom. The Morgan fingerprint density at radius 1 is 1.19 bits per heavy atom. The van der Waals surface area contributed by atoms with Crippen molar-refractivity contribution in [3.63, 3.8) is 0 Å². The largest absolute Gasteiger partial charge is 0.477 e. The van der Waals surface area contributed by atoms with Gasteiger partial charge in [-0.3, -0.25) is 0 Å². The van der Waals surface area contributed by atoms with Crippen molar-refractivity contribution in [2.75, 3.05) is 0 Å². The van der Waals surface area contributed by atoms with Crippen LogP contribution in [0.5, 0.6) is 0 Å². The molecule has 21 heavy (non-hydrogen) atoms. The zero-order valence-electron chi connectivity index (χ0n) is 11.7. The van der Waals surface area contributed by atoms with Crippen molar-refractivity contribution in [1.29, 1.82) is 0 Å². The van der Waals surface area contributed by atoms with E-state index in [0.29, 0.717) is 17.9 Å². The predicted molar refractivity (Wildman–Crippen MR) is 80.4 cm³/mol. The summed E-state index contributed by atoms with van der Waals surface area (Å²) in [5.41, 5.74) is 1.37. The molecule has 3 rings (SSSR count).